The van der Waals surface area contributed by atoms with Gasteiger partial charge in [-0.25, -0.2) is 8.42 Å². The number of methoxy groups -OCH3 is 1. The Hall–Kier alpha value is -2.38. The van der Waals surface area contributed by atoms with Gasteiger partial charge in [0.2, 0.25) is 10.0 Å². The highest BCUT2D eigenvalue weighted by molar-refractivity contribution is 7.89. The lowest BCUT2D eigenvalue weighted by molar-refractivity contribution is 0.256. The van der Waals surface area contributed by atoms with Crippen LogP contribution >= 0.6 is 11.6 Å². The number of hydrogen-bond donors (Lipinski definition) is 1. The van der Waals surface area contributed by atoms with E-state index in [0.717, 1.165) is 37.1 Å². The van der Waals surface area contributed by atoms with Crippen LogP contribution in [0.3, 0.4) is 0 Å². The maximum absolute atomic E-state index is 14.1. The van der Waals surface area contributed by atoms with Gasteiger partial charge in [0.25, 0.3) is 0 Å². The van der Waals surface area contributed by atoms with Gasteiger partial charge in [0.15, 0.2) is 0 Å². The van der Waals surface area contributed by atoms with Crippen molar-refractivity contribution in [1.29, 1.82) is 0 Å². The fraction of sp³-hybridized carbons (Fsp3) is 0.308. The Morgan fingerprint density at radius 1 is 0.970 bits per heavy atom. The van der Waals surface area contributed by atoms with E-state index in [-0.39, 0.29) is 6.04 Å². The average molecular weight is 485 g/mol. The molecule has 0 saturated carbocycles. The van der Waals surface area contributed by atoms with E-state index < -0.39 is 10.0 Å². The molecule has 0 unspecified atom stereocenters. The van der Waals surface area contributed by atoms with Crippen LogP contribution in [0.1, 0.15) is 29.5 Å². The fourth-order valence-corrected chi connectivity index (χ4v) is 6.29. The molecule has 1 heterocycles. The summed E-state index contributed by atoms with van der Waals surface area (Å²) in [6.45, 7) is 1.97. The zero-order chi connectivity index (χ0) is 23.3. The van der Waals surface area contributed by atoms with Crippen molar-refractivity contribution in [2.75, 3.05) is 20.2 Å². The van der Waals surface area contributed by atoms with E-state index in [1.165, 1.54) is 0 Å². The molecule has 174 valence electrons. The minimum atomic E-state index is -3.76. The van der Waals surface area contributed by atoms with Crippen molar-refractivity contribution < 1.29 is 13.2 Å². The van der Waals surface area contributed by atoms with E-state index in [4.69, 9.17) is 16.3 Å². The van der Waals surface area contributed by atoms with Gasteiger partial charge in [-0.15, -0.1) is 0 Å². The monoisotopic (exact) mass is 484 g/mol. The number of nitrogens with one attached hydrogen (secondary N) is 1. The van der Waals surface area contributed by atoms with Gasteiger partial charge in [0.1, 0.15) is 5.75 Å². The van der Waals surface area contributed by atoms with E-state index in [9.17, 15) is 8.42 Å². The zero-order valence-corrected chi connectivity index (χ0v) is 20.3. The normalized spacial score (nSPS) is 15.0. The minimum absolute atomic E-state index is 0.0538. The number of sulfonamides is 1. The van der Waals surface area contributed by atoms with Gasteiger partial charge in [-0.3, -0.25) is 0 Å². The molecule has 0 aromatic heterocycles. The number of ether oxygens (including phenoxy) is 1. The summed E-state index contributed by atoms with van der Waals surface area (Å²) in [5.41, 5.74) is 2.68. The first-order valence-corrected chi connectivity index (χ1v) is 13.0. The predicted octanol–water partition coefficient (Wildman–Crippen LogP) is 4.88. The molecule has 3 aromatic carbocycles. The average Bonchev–Trinajstić information content (AvgIpc) is 2.85. The van der Waals surface area contributed by atoms with Crippen LogP contribution in [0, 0.1) is 0 Å². The second-order valence-electron chi connectivity index (χ2n) is 8.29. The maximum Gasteiger partial charge on any atom is 0.243 e. The Morgan fingerprint density at radius 2 is 1.67 bits per heavy atom. The molecule has 33 heavy (non-hydrogen) atoms. The molecular weight excluding hydrogens is 456 g/mol. The van der Waals surface area contributed by atoms with Crippen LogP contribution in [0.25, 0.3) is 0 Å². The Morgan fingerprint density at radius 3 is 2.33 bits per heavy atom. The summed E-state index contributed by atoms with van der Waals surface area (Å²) >= 11 is 6.04. The Labute approximate surface area is 201 Å². The lowest BCUT2D eigenvalue weighted by Gasteiger charge is -2.34. The molecule has 0 aliphatic carbocycles. The van der Waals surface area contributed by atoms with E-state index >= 15 is 0 Å². The standard InChI is InChI=1S/C26H29ClN2O3S/c1-32-25-11-12-26(22(18-25)17-20-7-9-23(27)10-8-20)33(30,31)29(24-13-15-28-16-14-24)19-21-5-3-2-4-6-21/h2-12,18,24,28H,13-17,19H2,1H3. The topological polar surface area (TPSA) is 58.6 Å². The summed E-state index contributed by atoms with van der Waals surface area (Å²) in [6, 6.07) is 22.5. The lowest BCUT2D eigenvalue weighted by Crippen LogP contribution is -2.45. The molecule has 1 saturated heterocycles. The van der Waals surface area contributed by atoms with Crippen molar-refractivity contribution in [3.63, 3.8) is 0 Å². The first-order chi connectivity index (χ1) is 16.0. The smallest absolute Gasteiger partial charge is 0.243 e. The molecule has 4 rings (SSSR count). The van der Waals surface area contributed by atoms with Crippen molar-refractivity contribution in [3.8, 4) is 5.75 Å². The number of halogens is 1. The summed E-state index contributed by atoms with van der Waals surface area (Å²) in [5, 5.41) is 3.99. The SMILES string of the molecule is COc1ccc(S(=O)(=O)N(Cc2ccccc2)C2CCNCC2)c(Cc2ccc(Cl)cc2)c1. The maximum atomic E-state index is 14.1. The number of hydrogen-bond acceptors (Lipinski definition) is 4. The van der Waals surface area contributed by atoms with Crippen LogP contribution in [0.5, 0.6) is 5.75 Å². The van der Waals surface area contributed by atoms with Crippen LogP contribution in [0.15, 0.2) is 77.7 Å². The van der Waals surface area contributed by atoms with E-state index in [2.05, 4.69) is 5.32 Å². The van der Waals surface area contributed by atoms with Crippen LogP contribution in [0.4, 0.5) is 0 Å². The molecular formula is C26H29ClN2O3S. The van der Waals surface area contributed by atoms with E-state index in [1.54, 1.807) is 23.5 Å². The van der Waals surface area contributed by atoms with Gasteiger partial charge in [-0.2, -0.15) is 4.31 Å². The molecule has 3 aromatic rings. The Balaban J connectivity index is 1.75. The van der Waals surface area contributed by atoms with Crippen molar-refractivity contribution in [2.45, 2.75) is 36.7 Å². The third kappa shape index (κ3) is 5.76. The van der Waals surface area contributed by atoms with Crippen LogP contribution < -0.4 is 10.1 Å². The Kier molecular flexibility index (Phi) is 7.71. The number of rotatable bonds is 8. The quantitative estimate of drug-likeness (QED) is 0.495. The molecule has 1 aliphatic rings. The third-order valence-corrected chi connectivity index (χ3v) is 8.31. The summed E-state index contributed by atoms with van der Waals surface area (Å²) < 4.78 is 35.4. The van der Waals surface area contributed by atoms with Gasteiger partial charge in [0.05, 0.1) is 12.0 Å². The van der Waals surface area contributed by atoms with Gasteiger partial charge >= 0.3 is 0 Å². The van der Waals surface area contributed by atoms with Gasteiger partial charge in [-0.1, -0.05) is 54.1 Å². The summed E-state index contributed by atoms with van der Waals surface area (Å²) in [4.78, 5) is 0.327. The summed E-state index contributed by atoms with van der Waals surface area (Å²) in [6.07, 6.45) is 2.04. The number of piperidine rings is 1. The van der Waals surface area contributed by atoms with Crippen LogP contribution in [0.2, 0.25) is 5.02 Å². The summed E-state index contributed by atoms with van der Waals surface area (Å²) in [7, 11) is -2.17. The molecule has 0 radical (unpaired) electrons. The lowest BCUT2D eigenvalue weighted by atomic mass is 10.0. The molecule has 5 nitrogen and oxygen atoms in total. The van der Waals surface area contributed by atoms with Crippen molar-refractivity contribution in [2.24, 2.45) is 0 Å². The van der Waals surface area contributed by atoms with Gasteiger partial charge < -0.3 is 10.1 Å². The molecule has 7 heteroatoms. The van der Waals surface area contributed by atoms with Gasteiger partial charge in [-0.05, 0) is 79.4 Å². The molecule has 0 spiro atoms. The molecule has 1 fully saturated rings. The highest BCUT2D eigenvalue weighted by Crippen LogP contribution is 2.31. The van der Waals surface area contributed by atoms with Crippen molar-refractivity contribution in [3.05, 3.63) is 94.5 Å². The van der Waals surface area contributed by atoms with Gasteiger partial charge in [0, 0.05) is 17.6 Å². The van der Waals surface area contributed by atoms with Crippen LogP contribution in [-0.2, 0) is 23.0 Å². The van der Waals surface area contributed by atoms with Crippen LogP contribution in [-0.4, -0.2) is 39.0 Å². The number of nitrogens with zero attached hydrogens (tertiary/aromatic N) is 1. The van der Waals surface area contributed by atoms with Crippen molar-refractivity contribution in [1.82, 2.24) is 9.62 Å². The zero-order valence-electron chi connectivity index (χ0n) is 18.7. The first kappa shape index (κ1) is 23.8. The second kappa shape index (κ2) is 10.7. The molecule has 0 atom stereocenters. The molecule has 0 amide bonds. The van der Waals surface area contributed by atoms with Crippen molar-refractivity contribution >= 4 is 21.6 Å². The Bertz CT molecular complexity index is 1160. The molecule has 1 N–H and O–H groups in total. The molecule has 1 aliphatic heterocycles. The third-order valence-electron chi connectivity index (χ3n) is 6.06. The van der Waals surface area contributed by atoms with E-state index in [0.29, 0.717) is 34.2 Å². The minimum Gasteiger partial charge on any atom is -0.497 e. The predicted molar refractivity (Wildman–Crippen MR) is 132 cm³/mol. The number of benzene rings is 3. The highest BCUT2D eigenvalue weighted by Gasteiger charge is 2.34. The highest BCUT2D eigenvalue weighted by atomic mass is 35.5. The fourth-order valence-electron chi connectivity index (χ4n) is 4.29. The summed E-state index contributed by atoms with van der Waals surface area (Å²) in [5.74, 6) is 0.634. The largest absolute Gasteiger partial charge is 0.497 e. The first-order valence-electron chi connectivity index (χ1n) is 11.2. The van der Waals surface area contributed by atoms with E-state index in [1.807, 2.05) is 60.7 Å². The molecule has 0 bridgehead atoms. The second-order valence-corrected chi connectivity index (χ2v) is 10.6.